The van der Waals surface area contributed by atoms with E-state index in [0.29, 0.717) is 28.3 Å². The van der Waals surface area contributed by atoms with Crippen LogP contribution in [-0.4, -0.2) is 20.1 Å². The first-order chi connectivity index (χ1) is 12.0. The van der Waals surface area contributed by atoms with Gasteiger partial charge in [0, 0.05) is 23.2 Å². The van der Waals surface area contributed by atoms with Crippen molar-refractivity contribution in [2.75, 3.05) is 19.5 Å². The molecule has 3 aromatic rings. The Labute approximate surface area is 144 Å². The zero-order chi connectivity index (χ0) is 18.0. The highest BCUT2D eigenvalue weighted by molar-refractivity contribution is 6.08. The Morgan fingerprint density at radius 3 is 2.36 bits per heavy atom. The normalized spacial score (nSPS) is 10.5. The molecule has 3 rings (SSSR count). The number of hydrogen-bond acceptors (Lipinski definition) is 5. The minimum atomic E-state index is -0.431. The molecule has 1 amide bonds. The number of ether oxygens (including phenoxy) is 2. The van der Waals surface area contributed by atoms with E-state index in [1.165, 1.54) is 20.3 Å². The van der Waals surface area contributed by atoms with Crippen molar-refractivity contribution in [1.82, 2.24) is 0 Å². The monoisotopic (exact) mass is 339 g/mol. The molecule has 0 atom stereocenters. The molecule has 1 N–H and O–H groups in total. The van der Waals surface area contributed by atoms with Crippen LogP contribution in [0.25, 0.3) is 11.0 Å². The summed E-state index contributed by atoms with van der Waals surface area (Å²) < 4.78 is 15.7. The van der Waals surface area contributed by atoms with Crippen LogP contribution in [0.2, 0.25) is 0 Å². The van der Waals surface area contributed by atoms with Crippen LogP contribution >= 0.6 is 0 Å². The van der Waals surface area contributed by atoms with Crippen molar-refractivity contribution in [3.8, 4) is 11.5 Å². The predicted molar refractivity (Wildman–Crippen MR) is 94.7 cm³/mol. The highest BCUT2D eigenvalue weighted by atomic mass is 16.5. The summed E-state index contributed by atoms with van der Waals surface area (Å²) in [5.41, 5.74) is 1.59. The van der Waals surface area contributed by atoms with E-state index in [4.69, 9.17) is 13.9 Å². The molecule has 0 saturated carbocycles. The molecular formula is C19H17NO5. The molecule has 0 unspecified atom stereocenters. The summed E-state index contributed by atoms with van der Waals surface area (Å²) in [4.78, 5) is 24.2. The highest BCUT2D eigenvalue weighted by Crippen LogP contribution is 2.29. The number of anilines is 1. The van der Waals surface area contributed by atoms with E-state index in [-0.39, 0.29) is 5.91 Å². The van der Waals surface area contributed by atoms with Gasteiger partial charge in [-0.25, -0.2) is 4.79 Å². The van der Waals surface area contributed by atoms with Crippen LogP contribution < -0.4 is 20.4 Å². The number of rotatable bonds is 4. The van der Waals surface area contributed by atoms with Crippen molar-refractivity contribution < 1.29 is 18.7 Å². The van der Waals surface area contributed by atoms with E-state index in [1.807, 2.05) is 6.92 Å². The Kier molecular flexibility index (Phi) is 4.43. The second-order valence-corrected chi connectivity index (χ2v) is 5.45. The molecule has 0 bridgehead atoms. The van der Waals surface area contributed by atoms with Crippen LogP contribution in [0.4, 0.5) is 5.69 Å². The first-order valence-corrected chi connectivity index (χ1v) is 7.60. The fourth-order valence-electron chi connectivity index (χ4n) is 2.67. The zero-order valence-corrected chi connectivity index (χ0v) is 14.1. The van der Waals surface area contributed by atoms with Gasteiger partial charge in [0.15, 0.2) is 0 Å². The molecular weight excluding hydrogens is 322 g/mol. The number of hydrogen-bond donors (Lipinski definition) is 1. The molecule has 0 fully saturated rings. The van der Waals surface area contributed by atoms with Crippen LogP contribution in [0.3, 0.4) is 0 Å². The highest BCUT2D eigenvalue weighted by Gasteiger charge is 2.18. The molecule has 128 valence electrons. The second kappa shape index (κ2) is 6.68. The van der Waals surface area contributed by atoms with Gasteiger partial charge in [-0.15, -0.1) is 0 Å². The molecule has 0 aliphatic carbocycles. The molecule has 2 aromatic carbocycles. The number of methoxy groups -OCH3 is 2. The fraction of sp³-hybridized carbons (Fsp3) is 0.158. The van der Waals surface area contributed by atoms with Gasteiger partial charge in [0.1, 0.15) is 22.6 Å². The van der Waals surface area contributed by atoms with Crippen LogP contribution in [0.15, 0.2) is 51.7 Å². The summed E-state index contributed by atoms with van der Waals surface area (Å²) in [5, 5.41) is 3.59. The molecule has 0 spiro atoms. The summed E-state index contributed by atoms with van der Waals surface area (Å²) in [6.45, 7) is 1.83. The average Bonchev–Trinajstić information content (AvgIpc) is 2.60. The van der Waals surface area contributed by atoms with E-state index in [2.05, 4.69) is 5.32 Å². The van der Waals surface area contributed by atoms with Crippen molar-refractivity contribution in [2.24, 2.45) is 0 Å². The zero-order valence-electron chi connectivity index (χ0n) is 14.1. The Bertz CT molecular complexity index is 984. The van der Waals surface area contributed by atoms with Gasteiger partial charge in [-0.3, -0.25) is 4.79 Å². The van der Waals surface area contributed by atoms with Crippen molar-refractivity contribution in [3.05, 3.63) is 64.0 Å². The van der Waals surface area contributed by atoms with Crippen molar-refractivity contribution >= 4 is 22.6 Å². The molecule has 6 nitrogen and oxygen atoms in total. The first kappa shape index (κ1) is 16.6. The number of amides is 1. The quantitative estimate of drug-likeness (QED) is 0.737. The SMILES string of the molecule is COc1cccc(OC)c1C(=O)Nc1ccc2c(C)cc(=O)oc2c1. The third-order valence-electron chi connectivity index (χ3n) is 3.86. The molecule has 0 radical (unpaired) electrons. The molecule has 1 aromatic heterocycles. The number of aryl methyl sites for hydroxylation is 1. The lowest BCUT2D eigenvalue weighted by Crippen LogP contribution is -2.14. The molecule has 0 aliphatic rings. The maximum atomic E-state index is 12.7. The minimum Gasteiger partial charge on any atom is -0.496 e. The minimum absolute atomic E-state index is 0.290. The molecule has 0 saturated heterocycles. The summed E-state index contributed by atoms with van der Waals surface area (Å²) in [6.07, 6.45) is 0. The van der Waals surface area contributed by atoms with E-state index < -0.39 is 5.63 Å². The van der Waals surface area contributed by atoms with Gasteiger partial charge in [-0.05, 0) is 36.8 Å². The summed E-state index contributed by atoms with van der Waals surface area (Å²) >= 11 is 0. The van der Waals surface area contributed by atoms with E-state index in [0.717, 1.165) is 10.9 Å². The third-order valence-corrected chi connectivity index (χ3v) is 3.86. The van der Waals surface area contributed by atoms with Gasteiger partial charge >= 0.3 is 5.63 Å². The maximum absolute atomic E-state index is 12.7. The lowest BCUT2D eigenvalue weighted by Gasteiger charge is -2.13. The fourth-order valence-corrected chi connectivity index (χ4v) is 2.67. The Hall–Kier alpha value is -3.28. The van der Waals surface area contributed by atoms with Crippen LogP contribution in [0.1, 0.15) is 15.9 Å². The van der Waals surface area contributed by atoms with Crippen LogP contribution in [0.5, 0.6) is 11.5 Å². The number of fused-ring (bicyclic) bond motifs is 1. The summed E-state index contributed by atoms with van der Waals surface area (Å²) in [7, 11) is 2.97. The standard InChI is InChI=1S/C19H17NO5/c1-11-9-17(21)25-16-10-12(7-8-13(11)16)20-19(22)18-14(23-2)5-4-6-15(18)24-3/h4-10H,1-3H3,(H,20,22). The van der Waals surface area contributed by atoms with Crippen molar-refractivity contribution in [3.63, 3.8) is 0 Å². The van der Waals surface area contributed by atoms with Gasteiger partial charge in [-0.2, -0.15) is 0 Å². The largest absolute Gasteiger partial charge is 0.496 e. The van der Waals surface area contributed by atoms with Crippen molar-refractivity contribution in [2.45, 2.75) is 6.92 Å². The maximum Gasteiger partial charge on any atom is 0.336 e. The summed E-state index contributed by atoms with van der Waals surface area (Å²) in [5.74, 6) is 0.420. The molecule has 1 heterocycles. The molecule has 0 aliphatic heterocycles. The lowest BCUT2D eigenvalue weighted by molar-refractivity contribution is 0.102. The summed E-state index contributed by atoms with van der Waals surface area (Å²) in [6, 6.07) is 11.7. The second-order valence-electron chi connectivity index (χ2n) is 5.45. The third kappa shape index (κ3) is 3.19. The lowest BCUT2D eigenvalue weighted by atomic mass is 10.1. The van der Waals surface area contributed by atoms with Gasteiger partial charge in [0.2, 0.25) is 0 Å². The van der Waals surface area contributed by atoms with E-state index in [1.54, 1.807) is 36.4 Å². The Morgan fingerprint density at radius 2 is 1.72 bits per heavy atom. The van der Waals surface area contributed by atoms with Crippen LogP contribution in [-0.2, 0) is 0 Å². The van der Waals surface area contributed by atoms with Gasteiger partial charge < -0.3 is 19.2 Å². The number of nitrogens with one attached hydrogen (secondary N) is 1. The van der Waals surface area contributed by atoms with Gasteiger partial charge in [0.25, 0.3) is 5.91 Å². The van der Waals surface area contributed by atoms with E-state index >= 15 is 0 Å². The van der Waals surface area contributed by atoms with Crippen LogP contribution in [0, 0.1) is 6.92 Å². The Morgan fingerprint density at radius 1 is 1.04 bits per heavy atom. The smallest absolute Gasteiger partial charge is 0.336 e. The topological polar surface area (TPSA) is 77.8 Å². The Balaban J connectivity index is 1.99. The van der Waals surface area contributed by atoms with Crippen molar-refractivity contribution in [1.29, 1.82) is 0 Å². The number of carbonyl (C=O) groups excluding carboxylic acids is 1. The average molecular weight is 339 g/mol. The molecule has 25 heavy (non-hydrogen) atoms. The van der Waals surface area contributed by atoms with Gasteiger partial charge in [-0.1, -0.05) is 6.07 Å². The van der Waals surface area contributed by atoms with E-state index in [9.17, 15) is 9.59 Å². The van der Waals surface area contributed by atoms with Gasteiger partial charge in [0.05, 0.1) is 14.2 Å². The number of carbonyl (C=O) groups is 1. The predicted octanol–water partition coefficient (Wildman–Crippen LogP) is 3.37. The molecule has 6 heteroatoms. The number of benzene rings is 2. The first-order valence-electron chi connectivity index (χ1n) is 7.60.